The highest BCUT2D eigenvalue weighted by atomic mass is 79.9. The number of halogens is 1. The maximum absolute atomic E-state index is 11.6. The van der Waals surface area contributed by atoms with Gasteiger partial charge in [-0.2, -0.15) is 5.10 Å². The van der Waals surface area contributed by atoms with Crippen LogP contribution >= 0.6 is 15.9 Å². The van der Waals surface area contributed by atoms with Gasteiger partial charge < -0.3 is 5.11 Å². The monoisotopic (exact) mass is 348 g/mol. The molecule has 0 aliphatic heterocycles. The first-order chi connectivity index (χ1) is 10.2. The van der Waals surface area contributed by atoms with E-state index in [1.54, 1.807) is 6.20 Å². The molecule has 0 saturated carbocycles. The van der Waals surface area contributed by atoms with Crippen molar-refractivity contribution >= 4 is 15.9 Å². The molecule has 2 aromatic rings. The number of hydrogen-bond donors (Lipinski definition) is 1. The molecule has 1 aliphatic carbocycles. The Morgan fingerprint density at radius 3 is 2.95 bits per heavy atom. The van der Waals surface area contributed by atoms with Crippen LogP contribution in [0.5, 0.6) is 0 Å². The molecule has 3 nitrogen and oxygen atoms in total. The summed E-state index contributed by atoms with van der Waals surface area (Å²) >= 11 is 3.59. The highest BCUT2D eigenvalue weighted by Crippen LogP contribution is 2.42. The quantitative estimate of drug-likeness (QED) is 0.850. The third-order valence-electron chi connectivity index (χ3n) is 4.32. The number of benzene rings is 1. The third kappa shape index (κ3) is 2.55. The van der Waals surface area contributed by atoms with Crippen LogP contribution in [0, 0.1) is 0 Å². The molecule has 3 rings (SSSR count). The Kier molecular flexibility index (Phi) is 4.18. The summed E-state index contributed by atoms with van der Waals surface area (Å²) in [6.45, 7) is 2.95. The van der Waals surface area contributed by atoms with Gasteiger partial charge in [0.25, 0.3) is 0 Å². The first kappa shape index (κ1) is 14.8. The molecule has 21 heavy (non-hydrogen) atoms. The lowest BCUT2D eigenvalue weighted by Gasteiger charge is -2.30. The van der Waals surface area contributed by atoms with E-state index in [9.17, 15) is 5.11 Å². The molecule has 0 radical (unpaired) electrons. The summed E-state index contributed by atoms with van der Waals surface area (Å²) in [6.07, 6.45) is 6.74. The van der Waals surface area contributed by atoms with Crippen LogP contribution in [0.2, 0.25) is 0 Å². The molecule has 1 aromatic heterocycles. The van der Waals surface area contributed by atoms with E-state index in [2.05, 4.69) is 46.2 Å². The SMILES string of the molecule is CCCn1ncc(Br)c1C1(O)CCCCc2ccccc21. The van der Waals surface area contributed by atoms with E-state index in [4.69, 9.17) is 0 Å². The van der Waals surface area contributed by atoms with E-state index < -0.39 is 5.60 Å². The molecule has 1 atom stereocenters. The van der Waals surface area contributed by atoms with Gasteiger partial charge in [-0.05, 0) is 59.2 Å². The second-order valence-electron chi connectivity index (χ2n) is 5.79. The van der Waals surface area contributed by atoms with Crippen LogP contribution in [-0.2, 0) is 18.6 Å². The van der Waals surface area contributed by atoms with Gasteiger partial charge >= 0.3 is 0 Å². The fourth-order valence-electron chi connectivity index (χ4n) is 3.37. The minimum atomic E-state index is -0.947. The first-order valence-corrected chi connectivity index (χ1v) is 8.48. The number of rotatable bonds is 3. The van der Waals surface area contributed by atoms with Crippen LogP contribution in [0.3, 0.4) is 0 Å². The van der Waals surface area contributed by atoms with Crippen molar-refractivity contribution in [3.63, 3.8) is 0 Å². The predicted octanol–water partition coefficient (Wildman–Crippen LogP) is 4.02. The van der Waals surface area contributed by atoms with Crippen LogP contribution in [0.1, 0.15) is 49.4 Å². The number of hydrogen-bond acceptors (Lipinski definition) is 2. The van der Waals surface area contributed by atoms with Crippen molar-refractivity contribution in [1.29, 1.82) is 0 Å². The Bertz CT molecular complexity index is 637. The molecule has 0 fully saturated rings. The van der Waals surface area contributed by atoms with Crippen molar-refractivity contribution in [2.75, 3.05) is 0 Å². The number of aliphatic hydroxyl groups is 1. The van der Waals surface area contributed by atoms with Gasteiger partial charge in [-0.25, -0.2) is 0 Å². The Balaban J connectivity index is 2.18. The van der Waals surface area contributed by atoms with Crippen LogP contribution in [0.25, 0.3) is 0 Å². The molecular formula is C17H21BrN2O. The minimum absolute atomic E-state index is 0.748. The van der Waals surface area contributed by atoms with Crippen molar-refractivity contribution in [2.45, 2.75) is 51.2 Å². The Hall–Kier alpha value is -1.13. The second kappa shape index (κ2) is 5.93. The molecule has 4 heteroatoms. The highest BCUT2D eigenvalue weighted by Gasteiger charge is 2.39. The normalized spacial score (nSPS) is 21.9. The van der Waals surface area contributed by atoms with Crippen molar-refractivity contribution in [2.24, 2.45) is 0 Å². The van der Waals surface area contributed by atoms with Crippen LogP contribution in [0.15, 0.2) is 34.9 Å². The third-order valence-corrected chi connectivity index (χ3v) is 4.90. The zero-order valence-electron chi connectivity index (χ0n) is 12.3. The van der Waals surface area contributed by atoms with E-state index >= 15 is 0 Å². The van der Waals surface area contributed by atoms with Crippen molar-refractivity contribution in [3.05, 3.63) is 51.8 Å². The van der Waals surface area contributed by atoms with Crippen molar-refractivity contribution in [1.82, 2.24) is 9.78 Å². The average molecular weight is 349 g/mol. The summed E-state index contributed by atoms with van der Waals surface area (Å²) in [7, 11) is 0. The van der Waals surface area contributed by atoms with E-state index in [0.717, 1.165) is 54.4 Å². The summed E-state index contributed by atoms with van der Waals surface area (Å²) in [5.41, 5.74) is 2.26. The standard InChI is InChI=1S/C17H21BrN2O/c1-2-11-20-16(15(18)12-19-20)17(21)10-6-5-8-13-7-3-4-9-14(13)17/h3-4,7,9,12,21H,2,5-6,8,10-11H2,1H3. The molecule has 0 amide bonds. The summed E-state index contributed by atoms with van der Waals surface area (Å²) in [5, 5.41) is 16.0. The zero-order valence-corrected chi connectivity index (χ0v) is 13.9. The van der Waals surface area contributed by atoms with E-state index in [1.165, 1.54) is 5.56 Å². The summed E-state index contributed by atoms with van der Waals surface area (Å²) in [6, 6.07) is 8.28. The maximum atomic E-state index is 11.6. The first-order valence-electron chi connectivity index (χ1n) is 7.69. The average Bonchev–Trinajstić information content (AvgIpc) is 2.76. The lowest BCUT2D eigenvalue weighted by atomic mass is 9.85. The van der Waals surface area contributed by atoms with Gasteiger partial charge in [0, 0.05) is 6.54 Å². The minimum Gasteiger partial charge on any atom is -0.379 e. The topological polar surface area (TPSA) is 38.0 Å². The lowest BCUT2D eigenvalue weighted by molar-refractivity contribution is 0.0598. The van der Waals surface area contributed by atoms with Gasteiger partial charge in [0.05, 0.1) is 16.4 Å². The molecule has 112 valence electrons. The smallest absolute Gasteiger partial charge is 0.132 e. The molecule has 1 aliphatic rings. The fraction of sp³-hybridized carbons (Fsp3) is 0.471. The summed E-state index contributed by atoms with van der Waals surface area (Å²) in [4.78, 5) is 0. The maximum Gasteiger partial charge on any atom is 0.132 e. The van der Waals surface area contributed by atoms with Gasteiger partial charge in [-0.1, -0.05) is 31.2 Å². The van der Waals surface area contributed by atoms with E-state index in [0.29, 0.717) is 0 Å². The Morgan fingerprint density at radius 2 is 2.14 bits per heavy atom. The Labute approximate surface area is 134 Å². The number of aromatic nitrogens is 2. The molecule has 0 bridgehead atoms. The second-order valence-corrected chi connectivity index (χ2v) is 6.64. The van der Waals surface area contributed by atoms with Crippen LogP contribution < -0.4 is 0 Å². The van der Waals surface area contributed by atoms with E-state index in [-0.39, 0.29) is 0 Å². The summed E-state index contributed by atoms with van der Waals surface area (Å²) in [5.74, 6) is 0. The number of fused-ring (bicyclic) bond motifs is 1. The van der Waals surface area contributed by atoms with E-state index in [1.807, 2.05) is 10.7 Å². The lowest BCUT2D eigenvalue weighted by Crippen LogP contribution is -2.31. The predicted molar refractivity (Wildman–Crippen MR) is 87.2 cm³/mol. The molecule has 0 saturated heterocycles. The van der Waals surface area contributed by atoms with Gasteiger partial charge in [0.15, 0.2) is 0 Å². The molecule has 1 unspecified atom stereocenters. The van der Waals surface area contributed by atoms with Gasteiger partial charge in [0.1, 0.15) is 5.60 Å². The highest BCUT2D eigenvalue weighted by molar-refractivity contribution is 9.10. The molecule has 1 N–H and O–H groups in total. The van der Waals surface area contributed by atoms with Crippen molar-refractivity contribution in [3.8, 4) is 0 Å². The number of nitrogens with zero attached hydrogens (tertiary/aromatic N) is 2. The molecule has 0 spiro atoms. The summed E-state index contributed by atoms with van der Waals surface area (Å²) < 4.78 is 2.85. The van der Waals surface area contributed by atoms with Crippen molar-refractivity contribution < 1.29 is 5.11 Å². The molecule has 1 aromatic carbocycles. The van der Waals surface area contributed by atoms with Gasteiger partial charge in [0.2, 0.25) is 0 Å². The number of aryl methyl sites for hydroxylation is 2. The fourth-order valence-corrected chi connectivity index (χ4v) is 4.00. The molecular weight excluding hydrogens is 328 g/mol. The zero-order chi connectivity index (χ0) is 14.9. The molecule has 1 heterocycles. The largest absolute Gasteiger partial charge is 0.379 e. The van der Waals surface area contributed by atoms with Crippen LogP contribution in [0.4, 0.5) is 0 Å². The van der Waals surface area contributed by atoms with Crippen LogP contribution in [-0.4, -0.2) is 14.9 Å². The Morgan fingerprint density at radius 1 is 1.33 bits per heavy atom. The van der Waals surface area contributed by atoms with Gasteiger partial charge in [-0.15, -0.1) is 0 Å². The van der Waals surface area contributed by atoms with Gasteiger partial charge in [-0.3, -0.25) is 4.68 Å².